The number of carbonyl (C=O) groups is 4. The number of benzene rings is 1. The number of hydrogen-bond acceptors (Lipinski definition) is 5. The number of carbonyl (C=O) groups excluding carboxylic acids is 4. The quantitative estimate of drug-likeness (QED) is 0.514. The predicted molar refractivity (Wildman–Crippen MR) is 89.5 cm³/mol. The molecule has 1 aromatic carbocycles. The summed E-state index contributed by atoms with van der Waals surface area (Å²) in [5.41, 5.74) is -3.32. The van der Waals surface area contributed by atoms with Gasteiger partial charge in [-0.3, -0.25) is 14.4 Å². The van der Waals surface area contributed by atoms with Gasteiger partial charge in [0.15, 0.2) is 17.3 Å². The van der Waals surface area contributed by atoms with E-state index < -0.39 is 34.3 Å². The molecule has 0 saturated heterocycles. The molecule has 0 bridgehead atoms. The van der Waals surface area contributed by atoms with Crippen LogP contribution in [-0.2, 0) is 14.3 Å². The van der Waals surface area contributed by atoms with E-state index in [2.05, 4.69) is 31.9 Å². The standard InChI is InChI=1S/C16H14Br2O5/c1-7(19)16(14(22)23-15(2,3)4)12(20)8-5-10(17)11(18)6-9(8)13(16)21/h5-6H,1-4H3. The smallest absolute Gasteiger partial charge is 0.336 e. The second-order valence-corrected chi connectivity index (χ2v) is 7.99. The van der Waals surface area contributed by atoms with Gasteiger partial charge in [0.2, 0.25) is 0 Å². The van der Waals surface area contributed by atoms with Crippen LogP contribution in [0.25, 0.3) is 0 Å². The lowest BCUT2D eigenvalue weighted by Crippen LogP contribution is -2.50. The zero-order chi connectivity index (χ0) is 17.7. The van der Waals surface area contributed by atoms with Gasteiger partial charge in [0, 0.05) is 20.1 Å². The Bertz CT molecular complexity index is 717. The van der Waals surface area contributed by atoms with Gasteiger partial charge in [0.25, 0.3) is 5.41 Å². The summed E-state index contributed by atoms with van der Waals surface area (Å²) in [7, 11) is 0. The number of halogens is 2. The Morgan fingerprint density at radius 3 is 1.70 bits per heavy atom. The average molecular weight is 446 g/mol. The van der Waals surface area contributed by atoms with E-state index in [4.69, 9.17) is 4.74 Å². The molecule has 0 spiro atoms. The Kier molecular flexibility index (Phi) is 4.41. The maximum Gasteiger partial charge on any atom is 0.336 e. The normalized spacial score (nSPS) is 16.3. The average Bonchev–Trinajstić information content (AvgIpc) is 2.58. The van der Waals surface area contributed by atoms with Gasteiger partial charge in [0.05, 0.1) is 0 Å². The maximum atomic E-state index is 12.8. The van der Waals surface area contributed by atoms with Gasteiger partial charge < -0.3 is 4.74 Å². The molecule has 1 aromatic rings. The Labute approximate surface area is 150 Å². The second-order valence-electron chi connectivity index (χ2n) is 6.28. The van der Waals surface area contributed by atoms with E-state index in [-0.39, 0.29) is 11.1 Å². The lowest BCUT2D eigenvalue weighted by molar-refractivity contribution is -0.163. The third-order valence-electron chi connectivity index (χ3n) is 3.46. The van der Waals surface area contributed by atoms with Crippen molar-refractivity contribution in [1.29, 1.82) is 0 Å². The highest BCUT2D eigenvalue weighted by molar-refractivity contribution is 9.13. The van der Waals surface area contributed by atoms with Crippen LogP contribution in [-0.4, -0.2) is 28.9 Å². The fourth-order valence-corrected chi connectivity index (χ4v) is 3.12. The molecule has 23 heavy (non-hydrogen) atoms. The Morgan fingerprint density at radius 2 is 1.39 bits per heavy atom. The third kappa shape index (κ3) is 2.70. The summed E-state index contributed by atoms with van der Waals surface area (Å²) in [6.45, 7) is 5.85. The summed E-state index contributed by atoms with van der Waals surface area (Å²) in [6, 6.07) is 2.85. The fraction of sp³-hybridized carbons (Fsp3) is 0.375. The van der Waals surface area contributed by atoms with Gasteiger partial charge in [-0.2, -0.15) is 0 Å². The highest BCUT2D eigenvalue weighted by atomic mass is 79.9. The molecule has 0 saturated carbocycles. The summed E-state index contributed by atoms with van der Waals surface area (Å²) in [6.07, 6.45) is 0. The van der Waals surface area contributed by atoms with E-state index in [1.54, 1.807) is 20.8 Å². The zero-order valence-electron chi connectivity index (χ0n) is 13.0. The monoisotopic (exact) mass is 444 g/mol. The van der Waals surface area contributed by atoms with Gasteiger partial charge in [0.1, 0.15) is 5.60 Å². The van der Waals surface area contributed by atoms with Crippen LogP contribution in [0.4, 0.5) is 0 Å². The van der Waals surface area contributed by atoms with Crippen LogP contribution in [0.15, 0.2) is 21.1 Å². The number of esters is 1. The van der Waals surface area contributed by atoms with Crippen molar-refractivity contribution in [3.8, 4) is 0 Å². The topological polar surface area (TPSA) is 77.5 Å². The summed E-state index contributed by atoms with van der Waals surface area (Å²) >= 11 is 6.49. The molecule has 5 nitrogen and oxygen atoms in total. The van der Waals surface area contributed by atoms with E-state index >= 15 is 0 Å². The van der Waals surface area contributed by atoms with Crippen LogP contribution in [0.3, 0.4) is 0 Å². The van der Waals surface area contributed by atoms with Gasteiger partial charge in [-0.1, -0.05) is 0 Å². The van der Waals surface area contributed by atoms with Gasteiger partial charge in [-0.05, 0) is 71.7 Å². The van der Waals surface area contributed by atoms with Crippen molar-refractivity contribution in [3.63, 3.8) is 0 Å². The first kappa shape index (κ1) is 18.0. The van der Waals surface area contributed by atoms with Crippen molar-refractivity contribution < 1.29 is 23.9 Å². The van der Waals surface area contributed by atoms with Crippen molar-refractivity contribution in [2.75, 3.05) is 0 Å². The van der Waals surface area contributed by atoms with E-state index in [0.717, 1.165) is 6.92 Å². The first-order valence-corrected chi connectivity index (χ1v) is 8.34. The van der Waals surface area contributed by atoms with Crippen molar-refractivity contribution in [1.82, 2.24) is 0 Å². The number of rotatable bonds is 2. The number of Topliss-reactive ketones (excluding diaryl/α,β-unsaturated/α-hetero) is 3. The first-order valence-electron chi connectivity index (χ1n) is 6.76. The number of ketones is 3. The molecule has 0 N–H and O–H groups in total. The summed E-state index contributed by atoms with van der Waals surface area (Å²) in [4.78, 5) is 50.3. The molecule has 7 heteroatoms. The summed E-state index contributed by atoms with van der Waals surface area (Å²) in [5.74, 6) is -3.65. The number of hydrogen-bond donors (Lipinski definition) is 0. The molecule has 0 unspecified atom stereocenters. The Morgan fingerprint density at radius 1 is 1.00 bits per heavy atom. The van der Waals surface area contributed by atoms with Crippen LogP contribution >= 0.6 is 31.9 Å². The van der Waals surface area contributed by atoms with Crippen LogP contribution in [0, 0.1) is 5.41 Å². The highest BCUT2D eigenvalue weighted by Gasteiger charge is 2.64. The van der Waals surface area contributed by atoms with E-state index in [9.17, 15) is 19.2 Å². The lowest BCUT2D eigenvalue weighted by atomic mass is 9.79. The zero-order valence-corrected chi connectivity index (χ0v) is 16.1. The molecule has 0 radical (unpaired) electrons. The minimum absolute atomic E-state index is 0.0335. The molecule has 2 rings (SSSR count). The number of fused-ring (bicyclic) bond motifs is 1. The Balaban J connectivity index is 2.68. The minimum Gasteiger partial charge on any atom is -0.459 e. The molecule has 122 valence electrons. The molecule has 0 atom stereocenters. The highest BCUT2D eigenvalue weighted by Crippen LogP contribution is 2.42. The SMILES string of the molecule is CC(=O)C1(C(=O)OC(C)(C)C)C(=O)c2cc(Br)c(Br)cc2C1=O. The number of ether oxygens (including phenoxy) is 1. The van der Waals surface area contributed by atoms with Crippen molar-refractivity contribution >= 4 is 55.2 Å². The van der Waals surface area contributed by atoms with Crippen LogP contribution in [0.1, 0.15) is 48.4 Å². The van der Waals surface area contributed by atoms with Gasteiger partial charge in [-0.25, -0.2) is 4.79 Å². The van der Waals surface area contributed by atoms with Crippen molar-refractivity contribution in [3.05, 3.63) is 32.2 Å². The molecule has 1 aliphatic rings. The van der Waals surface area contributed by atoms with Gasteiger partial charge in [-0.15, -0.1) is 0 Å². The van der Waals surface area contributed by atoms with E-state index in [0.29, 0.717) is 8.95 Å². The molecule has 0 aromatic heterocycles. The maximum absolute atomic E-state index is 12.8. The minimum atomic E-state index is -2.45. The lowest BCUT2D eigenvalue weighted by Gasteiger charge is -2.27. The van der Waals surface area contributed by atoms with Gasteiger partial charge >= 0.3 is 5.97 Å². The molecule has 0 fully saturated rings. The predicted octanol–water partition coefficient (Wildman–Crippen LogP) is 3.51. The third-order valence-corrected chi connectivity index (χ3v) is 5.31. The second kappa shape index (κ2) is 5.63. The molecule has 0 aliphatic heterocycles. The molecular formula is C16H14Br2O5. The molecule has 0 amide bonds. The largest absolute Gasteiger partial charge is 0.459 e. The van der Waals surface area contributed by atoms with Crippen LogP contribution in [0.5, 0.6) is 0 Å². The van der Waals surface area contributed by atoms with Crippen LogP contribution < -0.4 is 0 Å². The van der Waals surface area contributed by atoms with E-state index in [1.165, 1.54) is 12.1 Å². The summed E-state index contributed by atoms with van der Waals surface area (Å²) < 4.78 is 6.28. The van der Waals surface area contributed by atoms with Crippen molar-refractivity contribution in [2.45, 2.75) is 33.3 Å². The van der Waals surface area contributed by atoms with Crippen LogP contribution in [0.2, 0.25) is 0 Å². The van der Waals surface area contributed by atoms with E-state index in [1.807, 2.05) is 0 Å². The molecular weight excluding hydrogens is 432 g/mol. The molecule has 1 aliphatic carbocycles. The van der Waals surface area contributed by atoms with Crippen molar-refractivity contribution in [2.24, 2.45) is 5.41 Å². The first-order chi connectivity index (χ1) is 10.4. The molecule has 0 heterocycles. The Hall–Kier alpha value is -1.34. The summed E-state index contributed by atoms with van der Waals surface area (Å²) in [5, 5.41) is 0. The fourth-order valence-electron chi connectivity index (χ4n) is 2.43.